The van der Waals surface area contributed by atoms with Crippen LogP contribution >= 0.6 is 27.3 Å². The highest BCUT2D eigenvalue weighted by molar-refractivity contribution is 9.10. The molecule has 0 N–H and O–H groups in total. The third kappa shape index (κ3) is 2.49. The molecule has 0 amide bonds. The summed E-state index contributed by atoms with van der Waals surface area (Å²) in [6.07, 6.45) is 3.96. The zero-order valence-electron chi connectivity index (χ0n) is 10.2. The average molecular weight is 317 g/mol. The minimum atomic E-state index is -0.592. The fourth-order valence-corrected chi connectivity index (χ4v) is 4.23. The van der Waals surface area contributed by atoms with Gasteiger partial charge in [0.25, 0.3) is 0 Å². The van der Waals surface area contributed by atoms with E-state index >= 15 is 0 Å². The number of rotatable bonds is 3. The van der Waals surface area contributed by atoms with Gasteiger partial charge in [-0.2, -0.15) is 0 Å². The Morgan fingerprint density at radius 3 is 2.94 bits per heavy atom. The van der Waals surface area contributed by atoms with Gasteiger partial charge >= 0.3 is 0 Å². The predicted molar refractivity (Wildman–Crippen MR) is 73.7 cm³/mol. The molecule has 1 aromatic heterocycles. The fraction of sp³-hybridized carbons (Fsp3) is 0.615. The molecule has 1 aromatic rings. The first kappa shape index (κ1) is 13.2. The molecule has 1 aliphatic carbocycles. The van der Waals surface area contributed by atoms with Crippen LogP contribution in [0.15, 0.2) is 15.9 Å². The molecule has 0 aromatic carbocycles. The van der Waals surface area contributed by atoms with E-state index in [1.807, 2.05) is 11.4 Å². The first-order chi connectivity index (χ1) is 8.09. The van der Waals surface area contributed by atoms with Crippen LogP contribution in [0.25, 0.3) is 0 Å². The van der Waals surface area contributed by atoms with Crippen LogP contribution in [0, 0.1) is 5.92 Å². The summed E-state index contributed by atoms with van der Waals surface area (Å²) in [6.45, 7) is 2.20. The van der Waals surface area contributed by atoms with Crippen molar-refractivity contribution in [2.45, 2.75) is 38.2 Å². The number of hydrogen-bond donors (Lipinski definition) is 0. The summed E-state index contributed by atoms with van der Waals surface area (Å²) in [7, 11) is 1.66. The van der Waals surface area contributed by atoms with Crippen LogP contribution in [0.4, 0.5) is 0 Å². The summed E-state index contributed by atoms with van der Waals surface area (Å²) < 4.78 is 6.52. The molecular formula is C13H17BrO2S. The van der Waals surface area contributed by atoms with Crippen molar-refractivity contribution in [1.82, 2.24) is 0 Å². The Morgan fingerprint density at radius 1 is 1.65 bits per heavy atom. The molecule has 2 atom stereocenters. The molecule has 1 heterocycles. The van der Waals surface area contributed by atoms with Gasteiger partial charge in [0, 0.05) is 11.6 Å². The number of carbonyl (C=O) groups is 1. The smallest absolute Gasteiger partial charge is 0.205 e. The lowest BCUT2D eigenvalue weighted by atomic mass is 9.76. The lowest BCUT2D eigenvalue weighted by Crippen LogP contribution is -2.44. The number of Topliss-reactive ketones (excluding diaryl/α,β-unsaturated/α-hetero) is 1. The number of halogens is 1. The van der Waals surface area contributed by atoms with Crippen LogP contribution in [0.1, 0.15) is 42.3 Å². The Hall–Kier alpha value is -0.190. The molecule has 17 heavy (non-hydrogen) atoms. The average Bonchev–Trinajstić information content (AvgIpc) is 2.74. The molecule has 0 aliphatic heterocycles. The zero-order chi connectivity index (χ0) is 12.5. The summed E-state index contributed by atoms with van der Waals surface area (Å²) in [4.78, 5) is 13.4. The van der Waals surface area contributed by atoms with Gasteiger partial charge in [0.1, 0.15) is 5.60 Å². The quantitative estimate of drug-likeness (QED) is 0.778. The molecule has 4 heteroatoms. The molecular weight excluding hydrogens is 300 g/mol. The second-order valence-electron chi connectivity index (χ2n) is 4.83. The molecule has 0 spiro atoms. The van der Waals surface area contributed by atoms with Gasteiger partial charge in [-0.05, 0) is 52.6 Å². The van der Waals surface area contributed by atoms with Crippen molar-refractivity contribution in [3.63, 3.8) is 0 Å². The lowest BCUT2D eigenvalue weighted by molar-refractivity contribution is -0.0300. The zero-order valence-corrected chi connectivity index (χ0v) is 12.6. The minimum Gasteiger partial charge on any atom is -0.370 e. The van der Waals surface area contributed by atoms with Gasteiger partial charge in [0.15, 0.2) is 0 Å². The van der Waals surface area contributed by atoms with Crippen molar-refractivity contribution in [3.05, 3.63) is 20.8 Å². The Balaban J connectivity index is 2.29. The van der Waals surface area contributed by atoms with E-state index in [1.165, 1.54) is 17.8 Å². The Morgan fingerprint density at radius 2 is 2.41 bits per heavy atom. The first-order valence-electron chi connectivity index (χ1n) is 5.92. The van der Waals surface area contributed by atoms with Gasteiger partial charge in [0.2, 0.25) is 5.78 Å². The van der Waals surface area contributed by atoms with Crippen molar-refractivity contribution in [2.24, 2.45) is 5.92 Å². The van der Waals surface area contributed by atoms with Crippen molar-refractivity contribution >= 4 is 33.0 Å². The number of carbonyl (C=O) groups excluding carboxylic acids is 1. The number of ether oxygens (including phenoxy) is 1. The maximum Gasteiger partial charge on any atom is 0.205 e. The highest BCUT2D eigenvalue weighted by Crippen LogP contribution is 2.39. The molecule has 0 radical (unpaired) electrons. The van der Waals surface area contributed by atoms with E-state index in [-0.39, 0.29) is 5.78 Å². The maximum absolute atomic E-state index is 12.6. The van der Waals surface area contributed by atoms with E-state index in [4.69, 9.17) is 4.74 Å². The second-order valence-corrected chi connectivity index (χ2v) is 6.60. The number of thiophene rings is 1. The molecule has 1 saturated carbocycles. The molecule has 94 valence electrons. The van der Waals surface area contributed by atoms with Gasteiger partial charge in [-0.15, -0.1) is 11.3 Å². The largest absolute Gasteiger partial charge is 0.370 e. The van der Waals surface area contributed by atoms with Crippen molar-refractivity contribution in [2.75, 3.05) is 7.11 Å². The van der Waals surface area contributed by atoms with Crippen LogP contribution in [0.2, 0.25) is 0 Å². The van der Waals surface area contributed by atoms with Gasteiger partial charge in [0.05, 0.1) is 4.88 Å². The third-order valence-corrected chi connectivity index (χ3v) is 5.42. The van der Waals surface area contributed by atoms with E-state index in [1.54, 1.807) is 7.11 Å². The van der Waals surface area contributed by atoms with Crippen LogP contribution in [-0.4, -0.2) is 18.5 Å². The van der Waals surface area contributed by atoms with Gasteiger partial charge in [-0.3, -0.25) is 4.79 Å². The minimum absolute atomic E-state index is 0.147. The third-order valence-electron chi connectivity index (χ3n) is 3.58. The summed E-state index contributed by atoms with van der Waals surface area (Å²) >= 11 is 4.93. The van der Waals surface area contributed by atoms with Crippen LogP contribution in [0.3, 0.4) is 0 Å². The molecule has 2 nitrogen and oxygen atoms in total. The van der Waals surface area contributed by atoms with Crippen LogP contribution in [0.5, 0.6) is 0 Å². The number of ketones is 1. The van der Waals surface area contributed by atoms with Crippen molar-refractivity contribution in [1.29, 1.82) is 0 Å². The van der Waals surface area contributed by atoms with Crippen LogP contribution < -0.4 is 0 Å². The van der Waals surface area contributed by atoms with Gasteiger partial charge in [-0.25, -0.2) is 0 Å². The van der Waals surface area contributed by atoms with E-state index in [9.17, 15) is 4.79 Å². The molecule has 1 aliphatic rings. The highest BCUT2D eigenvalue weighted by atomic mass is 79.9. The SMILES string of the molecule is COC1(C(=O)c2sccc2Br)CCCC(C)C1. The van der Waals surface area contributed by atoms with E-state index < -0.39 is 5.60 Å². The summed E-state index contributed by atoms with van der Waals surface area (Å²) in [6, 6.07) is 1.92. The van der Waals surface area contributed by atoms with Crippen molar-refractivity contribution < 1.29 is 9.53 Å². The van der Waals surface area contributed by atoms with Crippen LogP contribution in [-0.2, 0) is 4.74 Å². The van der Waals surface area contributed by atoms with E-state index in [0.717, 1.165) is 28.6 Å². The molecule has 0 bridgehead atoms. The van der Waals surface area contributed by atoms with Gasteiger partial charge < -0.3 is 4.74 Å². The Kier molecular flexibility index (Phi) is 4.06. The van der Waals surface area contributed by atoms with E-state index in [2.05, 4.69) is 22.9 Å². The second kappa shape index (κ2) is 5.21. The first-order valence-corrected chi connectivity index (χ1v) is 7.59. The predicted octanol–water partition coefficient (Wildman–Crippen LogP) is 4.29. The summed E-state index contributed by atoms with van der Waals surface area (Å²) in [5, 5.41) is 1.94. The highest BCUT2D eigenvalue weighted by Gasteiger charge is 2.43. The number of hydrogen-bond acceptors (Lipinski definition) is 3. The van der Waals surface area contributed by atoms with E-state index in [0.29, 0.717) is 5.92 Å². The fourth-order valence-electron chi connectivity index (χ4n) is 2.65. The van der Waals surface area contributed by atoms with Gasteiger partial charge in [-0.1, -0.05) is 13.3 Å². The summed E-state index contributed by atoms with van der Waals surface area (Å²) in [5.74, 6) is 0.708. The molecule has 2 rings (SSSR count). The standard InChI is InChI=1S/C13H17BrO2S/c1-9-4-3-6-13(8-9,16-2)12(15)11-10(14)5-7-17-11/h5,7,9H,3-4,6,8H2,1-2H3. The maximum atomic E-state index is 12.6. The normalized spacial score (nSPS) is 29.2. The topological polar surface area (TPSA) is 26.3 Å². The van der Waals surface area contributed by atoms with Crippen molar-refractivity contribution in [3.8, 4) is 0 Å². The number of methoxy groups -OCH3 is 1. The Bertz CT molecular complexity index is 415. The molecule has 0 saturated heterocycles. The Labute approximate surface area is 114 Å². The monoisotopic (exact) mass is 316 g/mol. The molecule has 2 unspecified atom stereocenters. The summed E-state index contributed by atoms with van der Waals surface area (Å²) in [5.41, 5.74) is -0.592. The lowest BCUT2D eigenvalue weighted by Gasteiger charge is -2.37. The molecule has 1 fully saturated rings.